The molecule has 1 aliphatic rings. The van der Waals surface area contributed by atoms with Crippen molar-refractivity contribution in [2.24, 2.45) is 5.92 Å². The highest BCUT2D eigenvalue weighted by molar-refractivity contribution is 8.00. The number of fused-ring (bicyclic) bond motifs is 1. The molecule has 1 aromatic rings. The minimum atomic E-state index is -0.518. The number of benzene rings is 1. The molecule has 4 heteroatoms. The van der Waals surface area contributed by atoms with Gasteiger partial charge in [-0.2, -0.15) is 0 Å². The van der Waals surface area contributed by atoms with E-state index >= 15 is 0 Å². The molecule has 0 bridgehead atoms. The summed E-state index contributed by atoms with van der Waals surface area (Å²) >= 11 is 1.66. The van der Waals surface area contributed by atoms with Crippen LogP contribution in [0.3, 0.4) is 0 Å². The van der Waals surface area contributed by atoms with E-state index in [1.54, 1.807) is 11.8 Å². The number of hydrogen-bond acceptors (Lipinski definition) is 3. The number of nitrogens with one attached hydrogen (secondary N) is 1. The van der Waals surface area contributed by atoms with Crippen molar-refractivity contribution >= 4 is 17.7 Å². The first kappa shape index (κ1) is 15.4. The van der Waals surface area contributed by atoms with E-state index in [1.165, 1.54) is 0 Å². The molecule has 0 spiro atoms. The summed E-state index contributed by atoms with van der Waals surface area (Å²) in [4.78, 5) is 12.4. The lowest BCUT2D eigenvalue weighted by Crippen LogP contribution is -2.41. The van der Waals surface area contributed by atoms with E-state index < -0.39 is 6.10 Å². The van der Waals surface area contributed by atoms with Crippen molar-refractivity contribution in [2.75, 3.05) is 5.75 Å². The molecule has 0 aliphatic heterocycles. The number of aliphatic hydroxyl groups excluding tert-OH is 1. The van der Waals surface area contributed by atoms with Crippen LogP contribution in [-0.2, 0) is 11.2 Å². The fourth-order valence-corrected chi connectivity index (χ4v) is 3.70. The molecule has 0 saturated carbocycles. The first-order valence-corrected chi connectivity index (χ1v) is 8.27. The number of aliphatic hydroxyl groups is 1. The van der Waals surface area contributed by atoms with E-state index in [9.17, 15) is 9.90 Å². The summed E-state index contributed by atoms with van der Waals surface area (Å²) < 4.78 is 0. The van der Waals surface area contributed by atoms with Gasteiger partial charge < -0.3 is 10.4 Å². The van der Waals surface area contributed by atoms with Crippen molar-refractivity contribution < 1.29 is 9.90 Å². The maximum atomic E-state index is 12.4. The Morgan fingerprint density at radius 2 is 2.15 bits per heavy atom. The third kappa shape index (κ3) is 3.18. The molecule has 1 aliphatic carbocycles. The van der Waals surface area contributed by atoms with E-state index in [-0.39, 0.29) is 23.1 Å². The zero-order valence-electron chi connectivity index (χ0n) is 12.3. The Labute approximate surface area is 125 Å². The first-order valence-electron chi connectivity index (χ1n) is 7.22. The lowest BCUT2D eigenvalue weighted by molar-refractivity contribution is -0.122. The van der Waals surface area contributed by atoms with Crippen LogP contribution < -0.4 is 5.32 Å². The molecule has 0 fully saturated rings. The van der Waals surface area contributed by atoms with Gasteiger partial charge in [-0.25, -0.2) is 0 Å². The fraction of sp³-hybridized carbons (Fsp3) is 0.562. The smallest absolute Gasteiger partial charge is 0.233 e. The SMILES string of the molecule is CCS[C@H](C(=O)N[C@@H]1c2ccccc2C[C@@H]1O)C(C)C. The molecule has 3 nitrogen and oxygen atoms in total. The molecule has 0 unspecified atom stereocenters. The van der Waals surface area contributed by atoms with Crippen LogP contribution in [0.25, 0.3) is 0 Å². The van der Waals surface area contributed by atoms with Gasteiger partial charge in [0.15, 0.2) is 0 Å². The first-order chi connectivity index (χ1) is 9.54. The number of thioether (sulfide) groups is 1. The van der Waals surface area contributed by atoms with Gasteiger partial charge >= 0.3 is 0 Å². The van der Waals surface area contributed by atoms with Crippen LogP contribution >= 0.6 is 11.8 Å². The van der Waals surface area contributed by atoms with Crippen molar-refractivity contribution in [3.05, 3.63) is 35.4 Å². The lowest BCUT2D eigenvalue weighted by atomic mass is 10.1. The second kappa shape index (κ2) is 6.64. The van der Waals surface area contributed by atoms with Crippen LogP contribution in [0.1, 0.15) is 37.9 Å². The highest BCUT2D eigenvalue weighted by Crippen LogP contribution is 2.32. The molecule has 20 heavy (non-hydrogen) atoms. The van der Waals surface area contributed by atoms with Gasteiger partial charge in [-0.15, -0.1) is 11.8 Å². The third-order valence-electron chi connectivity index (χ3n) is 3.71. The van der Waals surface area contributed by atoms with Crippen LogP contribution in [0.5, 0.6) is 0 Å². The summed E-state index contributed by atoms with van der Waals surface area (Å²) in [5.41, 5.74) is 2.19. The molecule has 110 valence electrons. The highest BCUT2D eigenvalue weighted by Gasteiger charge is 2.34. The van der Waals surface area contributed by atoms with E-state index in [4.69, 9.17) is 0 Å². The maximum absolute atomic E-state index is 12.4. The summed E-state index contributed by atoms with van der Waals surface area (Å²) in [5, 5.41) is 13.2. The standard InChI is InChI=1S/C16H23NO2S/c1-4-20-15(10(2)3)16(19)17-14-12-8-6-5-7-11(12)9-13(14)18/h5-8,10,13-15,18H,4,9H2,1-3H3,(H,17,19)/t13-,14+,15-/m0/s1. The number of carbonyl (C=O) groups is 1. The molecular formula is C16H23NO2S. The van der Waals surface area contributed by atoms with Crippen molar-refractivity contribution in [2.45, 2.75) is 44.6 Å². The zero-order valence-corrected chi connectivity index (χ0v) is 13.1. The summed E-state index contributed by atoms with van der Waals surface area (Å²) in [5.74, 6) is 1.24. The summed E-state index contributed by atoms with van der Waals surface area (Å²) in [6.07, 6.45) is 0.102. The van der Waals surface area contributed by atoms with Crippen molar-refractivity contribution in [1.29, 1.82) is 0 Å². The Morgan fingerprint density at radius 1 is 1.45 bits per heavy atom. The normalized spacial score (nSPS) is 22.6. The van der Waals surface area contributed by atoms with Crippen LogP contribution in [0.4, 0.5) is 0 Å². The topological polar surface area (TPSA) is 49.3 Å². The van der Waals surface area contributed by atoms with Gasteiger partial charge in [0.25, 0.3) is 0 Å². The Morgan fingerprint density at radius 3 is 2.80 bits per heavy atom. The largest absolute Gasteiger partial charge is 0.390 e. The number of amides is 1. The average molecular weight is 293 g/mol. The summed E-state index contributed by atoms with van der Waals surface area (Å²) in [7, 11) is 0. The molecular weight excluding hydrogens is 270 g/mol. The predicted molar refractivity (Wildman–Crippen MR) is 83.8 cm³/mol. The second-order valence-corrected chi connectivity index (χ2v) is 7.00. The van der Waals surface area contributed by atoms with E-state index in [2.05, 4.69) is 26.1 Å². The predicted octanol–water partition coefficient (Wildman–Crippen LogP) is 2.54. The fourth-order valence-electron chi connectivity index (χ4n) is 2.73. The molecule has 0 heterocycles. The van der Waals surface area contributed by atoms with Gasteiger partial charge in [0.2, 0.25) is 5.91 Å². The minimum Gasteiger partial charge on any atom is -0.390 e. The van der Waals surface area contributed by atoms with Gasteiger partial charge in [-0.3, -0.25) is 4.79 Å². The Hall–Kier alpha value is -1.00. The van der Waals surface area contributed by atoms with Crippen LogP contribution in [0, 0.1) is 5.92 Å². The monoisotopic (exact) mass is 293 g/mol. The molecule has 3 atom stereocenters. The lowest BCUT2D eigenvalue weighted by Gasteiger charge is -2.24. The number of rotatable bonds is 5. The van der Waals surface area contributed by atoms with Crippen LogP contribution in [0.15, 0.2) is 24.3 Å². The third-order valence-corrected chi connectivity index (χ3v) is 5.16. The van der Waals surface area contributed by atoms with Gasteiger partial charge in [0.1, 0.15) is 0 Å². The molecule has 0 saturated heterocycles. The number of hydrogen-bond donors (Lipinski definition) is 2. The Bertz CT molecular complexity index is 475. The summed E-state index contributed by atoms with van der Waals surface area (Å²) in [6.45, 7) is 6.19. The molecule has 0 radical (unpaired) electrons. The van der Waals surface area contributed by atoms with Crippen LogP contribution in [-0.4, -0.2) is 28.1 Å². The second-order valence-electron chi connectivity index (χ2n) is 5.58. The van der Waals surface area contributed by atoms with E-state index in [0.717, 1.165) is 16.9 Å². The quantitative estimate of drug-likeness (QED) is 0.877. The van der Waals surface area contributed by atoms with Crippen molar-refractivity contribution in [3.8, 4) is 0 Å². The highest BCUT2D eigenvalue weighted by atomic mass is 32.2. The molecule has 2 rings (SSSR count). The van der Waals surface area contributed by atoms with Gasteiger partial charge in [-0.1, -0.05) is 45.0 Å². The Kier molecular flexibility index (Phi) is 5.11. The number of carbonyl (C=O) groups excluding carboxylic acids is 1. The van der Waals surface area contributed by atoms with Crippen molar-refractivity contribution in [3.63, 3.8) is 0 Å². The molecule has 1 aromatic carbocycles. The average Bonchev–Trinajstić information content (AvgIpc) is 2.72. The van der Waals surface area contributed by atoms with Gasteiger partial charge in [-0.05, 0) is 22.8 Å². The van der Waals surface area contributed by atoms with Gasteiger partial charge in [0.05, 0.1) is 17.4 Å². The summed E-state index contributed by atoms with van der Waals surface area (Å²) in [6, 6.07) is 7.67. The minimum absolute atomic E-state index is 0.0348. The van der Waals surface area contributed by atoms with Crippen LogP contribution in [0.2, 0.25) is 0 Å². The van der Waals surface area contributed by atoms with Crippen molar-refractivity contribution in [1.82, 2.24) is 5.32 Å². The zero-order chi connectivity index (χ0) is 14.7. The molecule has 0 aromatic heterocycles. The molecule has 1 amide bonds. The van der Waals surface area contributed by atoms with E-state index in [1.807, 2.05) is 24.3 Å². The van der Waals surface area contributed by atoms with E-state index in [0.29, 0.717) is 6.42 Å². The maximum Gasteiger partial charge on any atom is 0.233 e. The van der Waals surface area contributed by atoms with Gasteiger partial charge in [0, 0.05) is 6.42 Å². The molecule has 2 N–H and O–H groups in total. The Balaban J connectivity index is 2.11.